The smallest absolute Gasteiger partial charge is 0.130 e. The van der Waals surface area contributed by atoms with Gasteiger partial charge in [0.05, 0.1) is 18.5 Å². The molecule has 0 radical (unpaired) electrons. The normalized spacial score (nSPS) is 10.6. The first-order chi connectivity index (χ1) is 9.66. The van der Waals surface area contributed by atoms with Gasteiger partial charge < -0.3 is 15.2 Å². The van der Waals surface area contributed by atoms with Crippen LogP contribution in [0.15, 0.2) is 24.3 Å². The Morgan fingerprint density at radius 1 is 1.20 bits per heavy atom. The Morgan fingerprint density at radius 2 is 1.95 bits per heavy atom. The topological polar surface area (TPSA) is 62.3 Å². The molecule has 5 nitrogen and oxygen atoms in total. The zero-order valence-corrected chi connectivity index (χ0v) is 12.2. The number of methoxy groups -OCH3 is 1. The highest BCUT2D eigenvalue weighted by Gasteiger charge is 2.06. The zero-order chi connectivity index (χ0) is 14.5. The second-order valence-electron chi connectivity index (χ2n) is 4.60. The van der Waals surface area contributed by atoms with E-state index in [0.717, 1.165) is 35.0 Å². The van der Waals surface area contributed by atoms with Crippen LogP contribution in [-0.4, -0.2) is 16.9 Å². The van der Waals surface area contributed by atoms with Gasteiger partial charge in [-0.25, -0.2) is 0 Å². The monoisotopic (exact) mass is 275 g/mol. The Labute approximate surface area is 119 Å². The van der Waals surface area contributed by atoms with Crippen molar-refractivity contribution < 1.29 is 9.47 Å². The summed E-state index contributed by atoms with van der Waals surface area (Å²) in [6.45, 7) is 5.81. The standard InChI is InChI=1S/C15H21N3O2/c1-4-18-13(5-11(2)17-18)10-20-15-7-12(9-16)6-14(8-15)19-3/h5-8H,4,9-10,16H2,1-3H3. The molecule has 2 rings (SSSR count). The number of nitrogens with two attached hydrogens (primary N) is 1. The lowest BCUT2D eigenvalue weighted by Crippen LogP contribution is -2.06. The van der Waals surface area contributed by atoms with Crippen LogP contribution < -0.4 is 15.2 Å². The lowest BCUT2D eigenvalue weighted by molar-refractivity contribution is 0.290. The Kier molecular flexibility index (Phi) is 4.63. The van der Waals surface area contributed by atoms with Gasteiger partial charge in [0.1, 0.15) is 18.1 Å². The molecule has 0 atom stereocenters. The number of benzene rings is 1. The predicted octanol–water partition coefficient (Wildman–Crippen LogP) is 2.26. The SMILES string of the molecule is CCn1nc(C)cc1COc1cc(CN)cc(OC)c1. The first-order valence-electron chi connectivity index (χ1n) is 6.70. The fourth-order valence-electron chi connectivity index (χ4n) is 2.10. The summed E-state index contributed by atoms with van der Waals surface area (Å²) >= 11 is 0. The van der Waals surface area contributed by atoms with E-state index in [1.54, 1.807) is 7.11 Å². The average Bonchev–Trinajstić information content (AvgIpc) is 2.84. The van der Waals surface area contributed by atoms with E-state index < -0.39 is 0 Å². The largest absolute Gasteiger partial charge is 0.497 e. The molecule has 1 aromatic carbocycles. The summed E-state index contributed by atoms with van der Waals surface area (Å²) in [5.41, 5.74) is 8.72. The summed E-state index contributed by atoms with van der Waals surface area (Å²) in [4.78, 5) is 0. The van der Waals surface area contributed by atoms with Crippen LogP contribution in [0, 0.1) is 6.92 Å². The number of aromatic nitrogens is 2. The minimum Gasteiger partial charge on any atom is -0.497 e. The van der Waals surface area contributed by atoms with Gasteiger partial charge in [-0.15, -0.1) is 0 Å². The fourth-order valence-corrected chi connectivity index (χ4v) is 2.10. The van der Waals surface area contributed by atoms with Gasteiger partial charge in [-0.05, 0) is 37.6 Å². The molecule has 0 bridgehead atoms. The van der Waals surface area contributed by atoms with Crippen LogP contribution in [0.5, 0.6) is 11.5 Å². The highest BCUT2D eigenvalue weighted by molar-refractivity contribution is 5.38. The summed E-state index contributed by atoms with van der Waals surface area (Å²) in [6, 6.07) is 7.74. The van der Waals surface area contributed by atoms with Gasteiger partial charge in [0, 0.05) is 19.2 Å². The Morgan fingerprint density at radius 3 is 2.60 bits per heavy atom. The average molecular weight is 275 g/mol. The van der Waals surface area contributed by atoms with Crippen molar-refractivity contribution in [1.82, 2.24) is 9.78 Å². The number of hydrogen-bond acceptors (Lipinski definition) is 4. The molecule has 0 saturated heterocycles. The van der Waals surface area contributed by atoms with Crippen LogP contribution in [0.25, 0.3) is 0 Å². The molecule has 0 fully saturated rings. The van der Waals surface area contributed by atoms with E-state index in [0.29, 0.717) is 13.2 Å². The maximum atomic E-state index is 5.84. The number of rotatable bonds is 6. The van der Waals surface area contributed by atoms with E-state index in [-0.39, 0.29) is 0 Å². The van der Waals surface area contributed by atoms with Gasteiger partial charge in [-0.2, -0.15) is 5.10 Å². The summed E-state index contributed by atoms with van der Waals surface area (Å²) in [5, 5.41) is 4.40. The summed E-state index contributed by atoms with van der Waals surface area (Å²) in [7, 11) is 1.63. The fraction of sp³-hybridized carbons (Fsp3) is 0.400. The van der Waals surface area contributed by atoms with Crippen molar-refractivity contribution in [3.8, 4) is 11.5 Å². The van der Waals surface area contributed by atoms with E-state index in [9.17, 15) is 0 Å². The minimum atomic E-state index is 0.458. The second-order valence-corrected chi connectivity index (χ2v) is 4.60. The van der Waals surface area contributed by atoms with Crippen LogP contribution >= 0.6 is 0 Å². The van der Waals surface area contributed by atoms with E-state index in [2.05, 4.69) is 12.0 Å². The molecule has 2 N–H and O–H groups in total. The van der Waals surface area contributed by atoms with Gasteiger partial charge >= 0.3 is 0 Å². The van der Waals surface area contributed by atoms with E-state index in [1.165, 1.54) is 0 Å². The lowest BCUT2D eigenvalue weighted by Gasteiger charge is -2.10. The zero-order valence-electron chi connectivity index (χ0n) is 12.2. The molecule has 2 aromatic rings. The molecule has 5 heteroatoms. The quantitative estimate of drug-likeness (QED) is 0.878. The highest BCUT2D eigenvalue weighted by Crippen LogP contribution is 2.23. The number of hydrogen-bond donors (Lipinski definition) is 1. The van der Waals surface area contributed by atoms with Crippen LogP contribution in [-0.2, 0) is 19.7 Å². The number of nitrogens with zero attached hydrogens (tertiary/aromatic N) is 2. The summed E-state index contributed by atoms with van der Waals surface area (Å²) in [6.07, 6.45) is 0. The second kappa shape index (κ2) is 6.43. The van der Waals surface area contributed by atoms with Crippen molar-refractivity contribution in [2.75, 3.05) is 7.11 Å². The Bertz CT molecular complexity index is 556. The van der Waals surface area contributed by atoms with Crippen molar-refractivity contribution in [2.45, 2.75) is 33.5 Å². The van der Waals surface area contributed by atoms with Crippen molar-refractivity contribution in [1.29, 1.82) is 0 Å². The molecule has 0 amide bonds. The maximum absolute atomic E-state index is 5.84. The van der Waals surface area contributed by atoms with Crippen molar-refractivity contribution in [2.24, 2.45) is 5.73 Å². The van der Waals surface area contributed by atoms with Crippen LogP contribution in [0.3, 0.4) is 0 Å². The van der Waals surface area contributed by atoms with E-state index in [4.69, 9.17) is 15.2 Å². The third-order valence-electron chi connectivity index (χ3n) is 3.08. The van der Waals surface area contributed by atoms with E-state index in [1.807, 2.05) is 35.9 Å². The summed E-state index contributed by atoms with van der Waals surface area (Å²) in [5.74, 6) is 1.51. The number of ether oxygens (including phenoxy) is 2. The van der Waals surface area contributed by atoms with Crippen molar-refractivity contribution in [3.63, 3.8) is 0 Å². The van der Waals surface area contributed by atoms with E-state index >= 15 is 0 Å². The predicted molar refractivity (Wildman–Crippen MR) is 77.9 cm³/mol. The van der Waals surface area contributed by atoms with Gasteiger partial charge in [-0.1, -0.05) is 0 Å². The Balaban J connectivity index is 2.13. The molecule has 0 spiro atoms. The molecule has 0 unspecified atom stereocenters. The van der Waals surface area contributed by atoms with Gasteiger partial charge in [0.25, 0.3) is 0 Å². The maximum Gasteiger partial charge on any atom is 0.130 e. The van der Waals surface area contributed by atoms with Crippen molar-refractivity contribution >= 4 is 0 Å². The molecule has 0 aliphatic heterocycles. The first kappa shape index (κ1) is 14.4. The van der Waals surface area contributed by atoms with Gasteiger partial charge in [-0.3, -0.25) is 4.68 Å². The third kappa shape index (κ3) is 3.30. The van der Waals surface area contributed by atoms with Crippen LogP contribution in [0.1, 0.15) is 23.9 Å². The van der Waals surface area contributed by atoms with Gasteiger partial charge in [0.2, 0.25) is 0 Å². The molecule has 0 saturated carbocycles. The number of aryl methyl sites for hydroxylation is 2. The molecule has 0 aliphatic carbocycles. The molecular weight excluding hydrogens is 254 g/mol. The molecule has 20 heavy (non-hydrogen) atoms. The molecule has 1 aromatic heterocycles. The molecule has 0 aliphatic rings. The lowest BCUT2D eigenvalue weighted by atomic mass is 10.2. The van der Waals surface area contributed by atoms with Gasteiger partial charge in [0.15, 0.2) is 0 Å². The highest BCUT2D eigenvalue weighted by atomic mass is 16.5. The summed E-state index contributed by atoms with van der Waals surface area (Å²) < 4.78 is 13.0. The first-order valence-corrected chi connectivity index (χ1v) is 6.70. The minimum absolute atomic E-state index is 0.458. The van der Waals surface area contributed by atoms with Crippen LogP contribution in [0.4, 0.5) is 0 Å². The molecular formula is C15H21N3O2. The van der Waals surface area contributed by atoms with Crippen molar-refractivity contribution in [3.05, 3.63) is 41.2 Å². The Hall–Kier alpha value is -2.01. The van der Waals surface area contributed by atoms with Crippen LogP contribution in [0.2, 0.25) is 0 Å². The molecule has 108 valence electrons. The third-order valence-corrected chi connectivity index (χ3v) is 3.08. The molecule has 1 heterocycles.